The van der Waals surface area contributed by atoms with E-state index >= 15 is 0 Å². The molecule has 20 heavy (non-hydrogen) atoms. The zero-order chi connectivity index (χ0) is 13.6. The molecule has 3 rings (SSSR count). The van der Waals surface area contributed by atoms with Crippen LogP contribution >= 0.6 is 0 Å². The van der Waals surface area contributed by atoms with E-state index in [2.05, 4.69) is 20.0 Å². The third kappa shape index (κ3) is 2.39. The van der Waals surface area contributed by atoms with Crippen molar-refractivity contribution in [1.29, 1.82) is 0 Å². The fourth-order valence-corrected chi connectivity index (χ4v) is 1.69. The van der Waals surface area contributed by atoms with E-state index in [9.17, 15) is 14.0 Å². The summed E-state index contributed by atoms with van der Waals surface area (Å²) in [4.78, 5) is 27.2. The number of imidazole rings is 1. The molecular weight excluding hydrogens is 346 g/mol. The SMILES string of the molecule is Cn1nnc2c(C(=O)OC3(F)[CH-]CC3)ncn2c1=O.[Y]. The smallest absolute Gasteiger partial charge is 0.361 e. The third-order valence-corrected chi connectivity index (χ3v) is 2.89. The van der Waals surface area contributed by atoms with E-state index in [1.807, 2.05) is 0 Å². The van der Waals surface area contributed by atoms with E-state index in [-0.39, 0.29) is 50.5 Å². The van der Waals surface area contributed by atoms with Gasteiger partial charge in [-0.25, -0.2) is 23.4 Å². The second-order valence-electron chi connectivity index (χ2n) is 4.20. The van der Waals surface area contributed by atoms with Crippen molar-refractivity contribution in [3.05, 3.63) is 28.9 Å². The maximum atomic E-state index is 13.7. The van der Waals surface area contributed by atoms with Crippen LogP contribution in [0.4, 0.5) is 4.39 Å². The molecule has 2 aromatic rings. The van der Waals surface area contributed by atoms with Crippen molar-refractivity contribution < 1.29 is 46.6 Å². The molecular formula is C10H9FN5O3Y-. The molecule has 1 aliphatic carbocycles. The van der Waals surface area contributed by atoms with Gasteiger partial charge in [-0.15, -0.1) is 5.10 Å². The summed E-state index contributed by atoms with van der Waals surface area (Å²) < 4.78 is 20.4. The molecule has 1 saturated carbocycles. The summed E-state index contributed by atoms with van der Waals surface area (Å²) in [6, 6.07) is 0. The molecule has 1 radical (unpaired) electrons. The Hall–Kier alpha value is -1.22. The van der Waals surface area contributed by atoms with Crippen LogP contribution in [-0.2, 0) is 44.5 Å². The van der Waals surface area contributed by atoms with Gasteiger partial charge < -0.3 is 4.74 Å². The van der Waals surface area contributed by atoms with Crippen molar-refractivity contribution in [3.8, 4) is 0 Å². The van der Waals surface area contributed by atoms with Crippen LogP contribution in [0.5, 0.6) is 0 Å². The Labute approximate surface area is 137 Å². The number of ether oxygens (including phenoxy) is 1. The Morgan fingerprint density at radius 2 is 2.30 bits per heavy atom. The van der Waals surface area contributed by atoms with E-state index in [1.165, 1.54) is 13.5 Å². The minimum Gasteiger partial charge on any atom is -0.454 e. The summed E-state index contributed by atoms with van der Waals surface area (Å²) in [5.74, 6) is -3.01. The topological polar surface area (TPSA) is 91.4 Å². The van der Waals surface area contributed by atoms with Crippen molar-refractivity contribution in [2.24, 2.45) is 7.05 Å². The molecule has 0 aromatic carbocycles. The van der Waals surface area contributed by atoms with Gasteiger partial charge in [-0.3, -0.25) is 6.42 Å². The molecule has 0 spiro atoms. The molecule has 0 amide bonds. The average Bonchev–Trinajstić information content (AvgIpc) is 2.76. The molecule has 103 valence electrons. The van der Waals surface area contributed by atoms with Gasteiger partial charge in [0.05, 0.1) is 0 Å². The monoisotopic (exact) mass is 355 g/mol. The molecule has 0 N–H and O–H groups in total. The number of halogens is 1. The van der Waals surface area contributed by atoms with Gasteiger partial charge >= 0.3 is 11.7 Å². The van der Waals surface area contributed by atoms with Crippen LogP contribution in [0.15, 0.2) is 11.1 Å². The molecule has 1 fully saturated rings. The van der Waals surface area contributed by atoms with Crippen LogP contribution in [0.3, 0.4) is 0 Å². The molecule has 2 heterocycles. The molecule has 1 unspecified atom stereocenters. The first-order valence-electron chi connectivity index (χ1n) is 5.54. The maximum Gasteiger partial charge on any atom is 0.361 e. The Morgan fingerprint density at radius 3 is 2.90 bits per heavy atom. The van der Waals surface area contributed by atoms with Crippen molar-refractivity contribution in [2.45, 2.75) is 18.7 Å². The van der Waals surface area contributed by atoms with Gasteiger partial charge in [0.25, 0.3) is 0 Å². The number of rotatable bonds is 2. The first-order valence-corrected chi connectivity index (χ1v) is 5.54. The molecule has 0 saturated heterocycles. The van der Waals surface area contributed by atoms with Gasteiger partial charge in [-0.05, 0) is 6.42 Å². The minimum atomic E-state index is -2.04. The van der Waals surface area contributed by atoms with E-state index in [0.29, 0.717) is 6.42 Å². The predicted octanol–water partition coefficient (Wildman–Crippen LogP) is -0.359. The van der Waals surface area contributed by atoms with E-state index in [4.69, 9.17) is 0 Å². The number of nitrogens with zero attached hydrogens (tertiary/aromatic N) is 5. The Bertz CT molecular complexity index is 723. The Balaban J connectivity index is 0.00000147. The fourth-order valence-electron chi connectivity index (χ4n) is 1.69. The largest absolute Gasteiger partial charge is 0.454 e. The standard InChI is InChI=1S/C10H9FN5O3.Y/c1-15-9(18)16-5-12-6(7(16)13-14-15)8(17)19-10(11)3-2-4-10;/h3,5H,2,4H2,1H3;/q-1;. The third-order valence-electron chi connectivity index (χ3n) is 2.89. The van der Waals surface area contributed by atoms with Crippen LogP contribution < -0.4 is 5.69 Å². The second kappa shape index (κ2) is 5.29. The number of aromatic nitrogens is 5. The molecule has 2 aromatic heterocycles. The van der Waals surface area contributed by atoms with E-state index in [0.717, 1.165) is 15.4 Å². The van der Waals surface area contributed by atoms with Crippen LogP contribution in [-0.4, -0.2) is 36.2 Å². The van der Waals surface area contributed by atoms with Crippen molar-refractivity contribution in [2.75, 3.05) is 0 Å². The van der Waals surface area contributed by atoms with Gasteiger partial charge in [-0.1, -0.05) is 5.21 Å². The van der Waals surface area contributed by atoms with Crippen molar-refractivity contribution >= 4 is 11.6 Å². The van der Waals surface area contributed by atoms with Crippen LogP contribution in [0.1, 0.15) is 23.3 Å². The second-order valence-corrected chi connectivity index (χ2v) is 4.20. The van der Waals surface area contributed by atoms with Crippen molar-refractivity contribution in [3.63, 3.8) is 0 Å². The molecule has 0 aliphatic heterocycles. The number of hydrogen-bond acceptors (Lipinski definition) is 6. The van der Waals surface area contributed by atoms with Gasteiger partial charge in [0.15, 0.2) is 11.3 Å². The Morgan fingerprint density at radius 1 is 1.60 bits per heavy atom. The van der Waals surface area contributed by atoms with Gasteiger partial charge in [-0.2, -0.15) is 11.1 Å². The predicted molar refractivity (Wildman–Crippen MR) is 58.8 cm³/mol. The minimum absolute atomic E-state index is 0. The van der Waals surface area contributed by atoms with Gasteiger partial charge in [0, 0.05) is 39.8 Å². The number of aryl methyl sites for hydroxylation is 1. The van der Waals surface area contributed by atoms with Crippen LogP contribution in [0, 0.1) is 6.42 Å². The summed E-state index contributed by atoms with van der Waals surface area (Å²) in [7, 11) is 1.41. The summed E-state index contributed by atoms with van der Waals surface area (Å²) >= 11 is 0. The quantitative estimate of drug-likeness (QED) is 0.540. The number of alkyl halides is 1. The van der Waals surface area contributed by atoms with E-state index < -0.39 is 17.5 Å². The van der Waals surface area contributed by atoms with Crippen LogP contribution in [0.25, 0.3) is 5.65 Å². The molecule has 1 atom stereocenters. The summed E-state index contributed by atoms with van der Waals surface area (Å²) in [5, 5.41) is 7.21. The van der Waals surface area contributed by atoms with Gasteiger partial charge in [0.2, 0.25) is 0 Å². The first kappa shape index (κ1) is 15.2. The summed E-state index contributed by atoms with van der Waals surface area (Å²) in [6.45, 7) is 0. The zero-order valence-electron chi connectivity index (χ0n) is 10.5. The number of fused-ring (bicyclic) bond motifs is 1. The molecule has 0 bridgehead atoms. The molecule has 8 nitrogen and oxygen atoms in total. The number of carbonyl (C=O) groups is 1. The Kier molecular flexibility index (Phi) is 4.01. The molecule has 1 aliphatic rings. The molecule has 10 heteroatoms. The van der Waals surface area contributed by atoms with Crippen molar-refractivity contribution in [1.82, 2.24) is 24.4 Å². The average molecular weight is 355 g/mol. The summed E-state index contributed by atoms with van der Waals surface area (Å²) in [5.41, 5.74) is -0.805. The van der Waals surface area contributed by atoms with E-state index in [1.54, 1.807) is 0 Å². The number of hydrogen-bond donors (Lipinski definition) is 0. The maximum absolute atomic E-state index is 13.7. The zero-order valence-corrected chi connectivity index (χ0v) is 13.3. The van der Waals surface area contributed by atoms with Crippen LogP contribution in [0.2, 0.25) is 0 Å². The number of carbonyl (C=O) groups excluding carboxylic acids is 1. The first-order chi connectivity index (χ1) is 9.00. The van der Waals surface area contributed by atoms with Gasteiger partial charge in [0.1, 0.15) is 12.2 Å². The fraction of sp³-hybridized carbons (Fsp3) is 0.400. The normalized spacial score (nSPS) is 21.1. The summed E-state index contributed by atoms with van der Waals surface area (Å²) in [6.07, 6.45) is 3.05. The number of esters is 1.